The van der Waals surface area contributed by atoms with Crippen LogP contribution in [0.15, 0.2) is 30.5 Å². The number of rotatable bonds is 4. The molecule has 4 rings (SSSR count). The van der Waals surface area contributed by atoms with Crippen molar-refractivity contribution in [2.45, 2.75) is 44.6 Å². The fraction of sp³-hybridized carbons (Fsp3) is 0.476. The van der Waals surface area contributed by atoms with Crippen molar-refractivity contribution >= 4 is 5.91 Å². The number of hydrogen-bond acceptors (Lipinski definition) is 4. The molecule has 1 unspecified atom stereocenters. The Hall–Kier alpha value is -2.34. The van der Waals surface area contributed by atoms with E-state index in [1.165, 1.54) is 6.07 Å². The maximum atomic E-state index is 13.7. The molecule has 1 aromatic heterocycles. The average molecular weight is 368 g/mol. The number of aryl methyl sites for hydroxylation is 1. The molecule has 5 nitrogen and oxygen atoms in total. The predicted molar refractivity (Wildman–Crippen MR) is 101 cm³/mol. The molecule has 1 saturated heterocycles. The summed E-state index contributed by atoms with van der Waals surface area (Å²) in [6.45, 7) is 3.24. The van der Waals surface area contributed by atoms with Crippen molar-refractivity contribution in [2.75, 3.05) is 19.6 Å². The number of amides is 1. The topological polar surface area (TPSA) is 58.1 Å². The van der Waals surface area contributed by atoms with Crippen LogP contribution < -0.4 is 5.32 Å². The smallest absolute Gasteiger partial charge is 0.223 e. The highest BCUT2D eigenvalue weighted by Gasteiger charge is 2.24. The monoisotopic (exact) mass is 368 g/mol. The van der Waals surface area contributed by atoms with E-state index in [0.717, 1.165) is 49.4 Å². The Morgan fingerprint density at radius 3 is 3.04 bits per heavy atom. The molecule has 1 atom stereocenters. The lowest BCUT2D eigenvalue weighted by Crippen LogP contribution is -2.37. The van der Waals surface area contributed by atoms with Gasteiger partial charge in [0.05, 0.1) is 5.69 Å². The second-order valence-corrected chi connectivity index (χ2v) is 7.40. The molecule has 2 aliphatic heterocycles. The number of benzene rings is 1. The first-order chi connectivity index (χ1) is 13.2. The van der Waals surface area contributed by atoms with Crippen LogP contribution in [0.1, 0.15) is 47.8 Å². The molecule has 1 N–H and O–H groups in total. The molecule has 0 aliphatic carbocycles. The zero-order valence-corrected chi connectivity index (χ0v) is 15.5. The molecule has 0 bridgehead atoms. The Kier molecular flexibility index (Phi) is 5.43. The van der Waals surface area contributed by atoms with E-state index in [1.807, 2.05) is 11.1 Å². The fourth-order valence-corrected chi connectivity index (χ4v) is 3.91. The number of halogens is 1. The Morgan fingerprint density at radius 2 is 2.22 bits per heavy atom. The maximum absolute atomic E-state index is 13.7. The van der Waals surface area contributed by atoms with E-state index in [-0.39, 0.29) is 11.7 Å². The molecule has 1 fully saturated rings. The molecule has 0 radical (unpaired) electrons. The number of carbonyl (C=O) groups is 1. The normalized spacial score (nSPS) is 19.6. The van der Waals surface area contributed by atoms with Crippen molar-refractivity contribution in [2.24, 2.45) is 0 Å². The number of nitrogens with zero attached hydrogens (tertiary/aromatic N) is 3. The minimum Gasteiger partial charge on any atom is -0.338 e. The Bertz CT molecular complexity index is 820. The number of piperidine rings is 1. The van der Waals surface area contributed by atoms with Crippen molar-refractivity contribution in [3.8, 4) is 0 Å². The van der Waals surface area contributed by atoms with E-state index in [0.29, 0.717) is 37.4 Å². The standard InChI is InChI=1S/C21H25FN4O/c22-18-6-2-1-4-15(18)7-8-20(27)26-11-9-19-17(14-26)13-24-21(25-19)16-5-3-10-23-12-16/h1-2,4,6,13,16,23H,3,5,7-12,14H2. The number of fused-ring (bicyclic) bond motifs is 1. The quantitative estimate of drug-likeness (QED) is 0.901. The average Bonchev–Trinajstić information content (AvgIpc) is 2.73. The minimum absolute atomic E-state index is 0.0597. The largest absolute Gasteiger partial charge is 0.338 e. The second kappa shape index (κ2) is 8.13. The van der Waals surface area contributed by atoms with Crippen molar-refractivity contribution in [1.82, 2.24) is 20.2 Å². The van der Waals surface area contributed by atoms with E-state index in [4.69, 9.17) is 4.98 Å². The van der Waals surface area contributed by atoms with Crippen LogP contribution in [0.5, 0.6) is 0 Å². The van der Waals surface area contributed by atoms with Gasteiger partial charge in [0, 0.05) is 50.2 Å². The minimum atomic E-state index is -0.243. The SMILES string of the molecule is O=C(CCc1ccccc1F)N1CCc2nc(C3CCCNC3)ncc2C1. The van der Waals surface area contributed by atoms with Gasteiger partial charge in [-0.2, -0.15) is 0 Å². The third kappa shape index (κ3) is 4.16. The number of hydrogen-bond donors (Lipinski definition) is 1. The van der Waals surface area contributed by atoms with Crippen molar-refractivity contribution < 1.29 is 9.18 Å². The van der Waals surface area contributed by atoms with Crippen LogP contribution in [0.4, 0.5) is 4.39 Å². The van der Waals surface area contributed by atoms with Crippen LogP contribution in [0.3, 0.4) is 0 Å². The first-order valence-corrected chi connectivity index (χ1v) is 9.77. The molecule has 27 heavy (non-hydrogen) atoms. The van der Waals surface area contributed by atoms with Crippen molar-refractivity contribution in [1.29, 1.82) is 0 Å². The number of carbonyl (C=O) groups excluding carboxylic acids is 1. The van der Waals surface area contributed by atoms with E-state index in [1.54, 1.807) is 18.2 Å². The summed E-state index contributed by atoms with van der Waals surface area (Å²) in [5, 5.41) is 3.41. The fourth-order valence-electron chi connectivity index (χ4n) is 3.91. The zero-order chi connectivity index (χ0) is 18.6. The summed E-state index contributed by atoms with van der Waals surface area (Å²) in [7, 11) is 0. The summed E-state index contributed by atoms with van der Waals surface area (Å²) in [6.07, 6.45) is 5.70. The highest BCUT2D eigenvalue weighted by atomic mass is 19.1. The number of nitrogens with one attached hydrogen (secondary N) is 1. The van der Waals surface area contributed by atoms with Crippen LogP contribution >= 0.6 is 0 Å². The van der Waals surface area contributed by atoms with Gasteiger partial charge in [-0.1, -0.05) is 18.2 Å². The van der Waals surface area contributed by atoms with Gasteiger partial charge >= 0.3 is 0 Å². The lowest BCUT2D eigenvalue weighted by atomic mass is 9.98. The summed E-state index contributed by atoms with van der Waals surface area (Å²) in [5.41, 5.74) is 2.70. The van der Waals surface area contributed by atoms with Crippen LogP contribution in [-0.2, 0) is 24.2 Å². The summed E-state index contributed by atoms with van der Waals surface area (Å²) < 4.78 is 13.7. The van der Waals surface area contributed by atoms with Gasteiger partial charge in [0.15, 0.2) is 0 Å². The van der Waals surface area contributed by atoms with Crippen LogP contribution in [0, 0.1) is 5.82 Å². The molecule has 3 heterocycles. The third-order valence-corrected chi connectivity index (χ3v) is 5.53. The Balaban J connectivity index is 1.37. The van der Waals surface area contributed by atoms with E-state index in [2.05, 4.69) is 10.3 Å². The Labute approximate surface area is 159 Å². The van der Waals surface area contributed by atoms with E-state index >= 15 is 0 Å². The molecule has 1 amide bonds. The lowest BCUT2D eigenvalue weighted by molar-refractivity contribution is -0.132. The molecule has 1 aromatic carbocycles. The highest BCUT2D eigenvalue weighted by molar-refractivity contribution is 5.76. The molecular weight excluding hydrogens is 343 g/mol. The van der Waals surface area contributed by atoms with Gasteiger partial charge in [-0.05, 0) is 37.4 Å². The van der Waals surface area contributed by atoms with E-state index < -0.39 is 0 Å². The van der Waals surface area contributed by atoms with Gasteiger partial charge in [-0.15, -0.1) is 0 Å². The van der Waals surface area contributed by atoms with Gasteiger partial charge in [-0.25, -0.2) is 14.4 Å². The van der Waals surface area contributed by atoms with E-state index in [9.17, 15) is 9.18 Å². The van der Waals surface area contributed by atoms with Gasteiger partial charge in [0.2, 0.25) is 5.91 Å². The van der Waals surface area contributed by atoms with Crippen LogP contribution in [0.25, 0.3) is 0 Å². The molecule has 142 valence electrons. The zero-order valence-electron chi connectivity index (χ0n) is 15.5. The molecular formula is C21H25FN4O. The lowest BCUT2D eigenvalue weighted by Gasteiger charge is -2.29. The third-order valence-electron chi connectivity index (χ3n) is 5.53. The number of aromatic nitrogens is 2. The van der Waals surface area contributed by atoms with Crippen LogP contribution in [-0.4, -0.2) is 40.4 Å². The summed E-state index contributed by atoms with van der Waals surface area (Å²) in [6, 6.07) is 6.65. The van der Waals surface area contributed by atoms with Crippen LogP contribution in [0.2, 0.25) is 0 Å². The Morgan fingerprint density at radius 1 is 1.33 bits per heavy atom. The molecule has 2 aliphatic rings. The maximum Gasteiger partial charge on any atom is 0.223 e. The first-order valence-electron chi connectivity index (χ1n) is 9.77. The van der Waals surface area contributed by atoms with Gasteiger partial charge in [0.25, 0.3) is 0 Å². The highest BCUT2D eigenvalue weighted by Crippen LogP contribution is 2.23. The molecule has 0 spiro atoms. The van der Waals surface area contributed by atoms with Gasteiger partial charge < -0.3 is 10.2 Å². The van der Waals surface area contributed by atoms with Crippen molar-refractivity contribution in [3.63, 3.8) is 0 Å². The summed E-state index contributed by atoms with van der Waals surface area (Å²) >= 11 is 0. The molecule has 0 saturated carbocycles. The summed E-state index contributed by atoms with van der Waals surface area (Å²) in [5.74, 6) is 1.14. The summed E-state index contributed by atoms with van der Waals surface area (Å²) in [4.78, 5) is 23.8. The first kappa shape index (κ1) is 18.0. The van der Waals surface area contributed by atoms with Gasteiger partial charge in [-0.3, -0.25) is 4.79 Å². The molecule has 6 heteroatoms. The second-order valence-electron chi connectivity index (χ2n) is 7.40. The van der Waals surface area contributed by atoms with Gasteiger partial charge in [0.1, 0.15) is 11.6 Å². The molecule has 2 aromatic rings. The van der Waals surface area contributed by atoms with Crippen molar-refractivity contribution in [3.05, 3.63) is 58.9 Å². The predicted octanol–water partition coefficient (Wildman–Crippen LogP) is 2.60.